The molecule has 0 atom stereocenters. The van der Waals surface area contributed by atoms with Crippen molar-refractivity contribution in [3.05, 3.63) is 35.9 Å². The molecule has 0 fully saturated rings. The van der Waals surface area contributed by atoms with Crippen molar-refractivity contribution in [3.8, 4) is 0 Å². The van der Waals surface area contributed by atoms with E-state index in [2.05, 4.69) is 0 Å². The van der Waals surface area contributed by atoms with Crippen LogP contribution < -0.4 is 4.90 Å². The van der Waals surface area contributed by atoms with Gasteiger partial charge >= 0.3 is 5.97 Å². The van der Waals surface area contributed by atoms with Gasteiger partial charge in [0.05, 0.1) is 11.3 Å². The number of carbonyl (C=O) groups is 2. The van der Waals surface area contributed by atoms with Gasteiger partial charge < -0.3 is 10.0 Å². The first-order chi connectivity index (χ1) is 7.11. The zero-order valence-electron chi connectivity index (χ0n) is 8.10. The number of aliphatic carboxylic acids is 1. The number of amides is 1. The van der Waals surface area contributed by atoms with Crippen LogP contribution in [0.5, 0.6) is 0 Å². The summed E-state index contributed by atoms with van der Waals surface area (Å²) in [5.74, 6) is -1.39. The standard InChI is InChI=1S/C11H9NO3/c1-12-9-5-3-2-4-7(9)8(11(12)15)6-10(13)14/h2-6H,1H3,(H,13,14)/b8-6-. The number of nitrogens with zero attached hydrogens (tertiary/aromatic N) is 1. The molecular formula is C11H9NO3. The average molecular weight is 203 g/mol. The smallest absolute Gasteiger partial charge is 0.329 e. The lowest BCUT2D eigenvalue weighted by molar-refractivity contribution is -0.131. The van der Waals surface area contributed by atoms with Crippen LogP contribution in [0, 0.1) is 0 Å². The van der Waals surface area contributed by atoms with Gasteiger partial charge in [-0.05, 0) is 6.07 Å². The first kappa shape index (κ1) is 9.45. The summed E-state index contributed by atoms with van der Waals surface area (Å²) in [6.07, 6.45) is 0.949. The Balaban J connectivity index is 2.61. The third-order valence-corrected chi connectivity index (χ3v) is 2.36. The van der Waals surface area contributed by atoms with Crippen LogP contribution in [0.4, 0.5) is 5.69 Å². The van der Waals surface area contributed by atoms with E-state index in [-0.39, 0.29) is 11.5 Å². The van der Waals surface area contributed by atoms with E-state index < -0.39 is 5.97 Å². The molecule has 1 aromatic rings. The monoisotopic (exact) mass is 203 g/mol. The molecule has 15 heavy (non-hydrogen) atoms. The van der Waals surface area contributed by atoms with Crippen LogP contribution >= 0.6 is 0 Å². The highest BCUT2D eigenvalue weighted by Gasteiger charge is 2.29. The van der Waals surface area contributed by atoms with Crippen molar-refractivity contribution in [2.45, 2.75) is 0 Å². The molecule has 76 valence electrons. The van der Waals surface area contributed by atoms with E-state index in [1.54, 1.807) is 25.2 Å². The van der Waals surface area contributed by atoms with E-state index >= 15 is 0 Å². The number of hydrogen-bond donors (Lipinski definition) is 1. The van der Waals surface area contributed by atoms with Gasteiger partial charge in [0.2, 0.25) is 0 Å². The normalized spacial score (nSPS) is 17.0. The Hall–Kier alpha value is -2.10. The minimum Gasteiger partial charge on any atom is -0.478 e. The molecule has 1 heterocycles. The molecule has 0 saturated carbocycles. The Morgan fingerprint density at radius 2 is 2.07 bits per heavy atom. The lowest BCUT2D eigenvalue weighted by Gasteiger charge is -2.07. The van der Waals surface area contributed by atoms with E-state index in [0.717, 1.165) is 11.8 Å². The molecule has 0 aromatic heterocycles. The van der Waals surface area contributed by atoms with Gasteiger partial charge in [0.25, 0.3) is 5.91 Å². The number of anilines is 1. The van der Waals surface area contributed by atoms with E-state index in [4.69, 9.17) is 5.11 Å². The van der Waals surface area contributed by atoms with E-state index in [9.17, 15) is 9.59 Å². The summed E-state index contributed by atoms with van der Waals surface area (Å²) < 4.78 is 0. The topological polar surface area (TPSA) is 57.6 Å². The fourth-order valence-corrected chi connectivity index (χ4v) is 1.66. The Morgan fingerprint density at radius 3 is 2.73 bits per heavy atom. The van der Waals surface area contributed by atoms with Crippen LogP contribution in [-0.4, -0.2) is 24.0 Å². The molecule has 1 aliphatic heterocycles. The molecule has 1 N–H and O–H groups in total. The Kier molecular flexibility index (Phi) is 2.04. The predicted octanol–water partition coefficient (Wildman–Crippen LogP) is 1.13. The van der Waals surface area contributed by atoms with E-state index in [1.165, 1.54) is 4.90 Å². The molecule has 0 bridgehead atoms. The fraction of sp³-hybridized carbons (Fsp3) is 0.0909. The minimum atomic E-state index is -1.11. The molecular weight excluding hydrogens is 194 g/mol. The van der Waals surface area contributed by atoms with Crippen LogP contribution in [0.3, 0.4) is 0 Å². The molecule has 1 aliphatic rings. The SMILES string of the molecule is CN1C(=O)/C(=C\C(=O)O)c2ccccc21. The summed E-state index contributed by atoms with van der Waals surface area (Å²) in [6, 6.07) is 7.12. The summed E-state index contributed by atoms with van der Waals surface area (Å²) in [6.45, 7) is 0. The fourth-order valence-electron chi connectivity index (χ4n) is 1.66. The summed E-state index contributed by atoms with van der Waals surface area (Å²) in [5, 5.41) is 8.66. The van der Waals surface area contributed by atoms with Gasteiger partial charge in [0, 0.05) is 18.7 Å². The largest absolute Gasteiger partial charge is 0.478 e. The Morgan fingerprint density at radius 1 is 1.40 bits per heavy atom. The number of rotatable bonds is 1. The second-order valence-corrected chi connectivity index (χ2v) is 3.28. The van der Waals surface area contributed by atoms with Gasteiger partial charge in [-0.15, -0.1) is 0 Å². The van der Waals surface area contributed by atoms with Crippen LogP contribution in [-0.2, 0) is 9.59 Å². The van der Waals surface area contributed by atoms with Crippen molar-refractivity contribution in [2.75, 3.05) is 11.9 Å². The molecule has 2 rings (SSSR count). The first-order valence-corrected chi connectivity index (χ1v) is 4.43. The summed E-state index contributed by atoms with van der Waals surface area (Å²) in [7, 11) is 1.63. The van der Waals surface area contributed by atoms with Gasteiger partial charge in [-0.25, -0.2) is 4.79 Å². The summed E-state index contributed by atoms with van der Waals surface area (Å²) in [5.41, 5.74) is 1.66. The second-order valence-electron chi connectivity index (χ2n) is 3.28. The van der Waals surface area contributed by atoms with Crippen molar-refractivity contribution in [1.82, 2.24) is 0 Å². The maximum Gasteiger partial charge on any atom is 0.329 e. The Labute approximate surface area is 86.4 Å². The minimum absolute atomic E-state index is 0.237. The number of fused-ring (bicyclic) bond motifs is 1. The quantitative estimate of drug-likeness (QED) is 0.696. The highest BCUT2D eigenvalue weighted by molar-refractivity contribution is 6.34. The average Bonchev–Trinajstić information content (AvgIpc) is 2.44. The number of likely N-dealkylation sites (N-methyl/N-ethyl adjacent to an activating group) is 1. The number of benzene rings is 1. The molecule has 1 amide bonds. The molecule has 0 unspecified atom stereocenters. The maximum absolute atomic E-state index is 11.7. The van der Waals surface area contributed by atoms with Gasteiger partial charge in [-0.2, -0.15) is 0 Å². The summed E-state index contributed by atoms with van der Waals surface area (Å²) in [4.78, 5) is 23.7. The van der Waals surface area contributed by atoms with Crippen LogP contribution in [0.25, 0.3) is 5.57 Å². The molecule has 0 saturated heterocycles. The zero-order valence-corrected chi connectivity index (χ0v) is 8.10. The number of carboxylic acid groups (broad SMARTS) is 1. The second kappa shape index (κ2) is 3.24. The maximum atomic E-state index is 11.7. The van der Waals surface area contributed by atoms with Gasteiger partial charge in [-0.1, -0.05) is 18.2 Å². The summed E-state index contributed by atoms with van der Waals surface area (Å²) >= 11 is 0. The number of para-hydroxylation sites is 1. The molecule has 0 aliphatic carbocycles. The first-order valence-electron chi connectivity index (χ1n) is 4.43. The van der Waals surface area contributed by atoms with Gasteiger partial charge in [-0.3, -0.25) is 4.79 Å². The molecule has 4 heteroatoms. The van der Waals surface area contributed by atoms with Crippen molar-refractivity contribution in [2.24, 2.45) is 0 Å². The van der Waals surface area contributed by atoms with Gasteiger partial charge in [0.15, 0.2) is 0 Å². The van der Waals surface area contributed by atoms with Crippen LogP contribution in [0.15, 0.2) is 30.3 Å². The number of carboxylic acids is 1. The molecule has 0 spiro atoms. The van der Waals surface area contributed by atoms with E-state index in [1.807, 2.05) is 6.07 Å². The van der Waals surface area contributed by atoms with E-state index in [0.29, 0.717) is 5.56 Å². The zero-order chi connectivity index (χ0) is 11.0. The predicted molar refractivity (Wildman–Crippen MR) is 55.5 cm³/mol. The highest BCUT2D eigenvalue weighted by Crippen LogP contribution is 2.34. The van der Waals surface area contributed by atoms with Crippen molar-refractivity contribution < 1.29 is 14.7 Å². The van der Waals surface area contributed by atoms with Crippen molar-refractivity contribution >= 4 is 23.1 Å². The lowest BCUT2D eigenvalue weighted by atomic mass is 10.1. The molecule has 1 aromatic carbocycles. The van der Waals surface area contributed by atoms with Crippen LogP contribution in [0.1, 0.15) is 5.56 Å². The molecule has 4 nitrogen and oxygen atoms in total. The third-order valence-electron chi connectivity index (χ3n) is 2.36. The third kappa shape index (κ3) is 1.40. The van der Waals surface area contributed by atoms with Crippen molar-refractivity contribution in [3.63, 3.8) is 0 Å². The highest BCUT2D eigenvalue weighted by atomic mass is 16.4. The number of hydrogen-bond acceptors (Lipinski definition) is 2. The number of carbonyl (C=O) groups excluding carboxylic acids is 1. The van der Waals surface area contributed by atoms with Gasteiger partial charge in [0.1, 0.15) is 0 Å². The van der Waals surface area contributed by atoms with Crippen molar-refractivity contribution in [1.29, 1.82) is 0 Å². The lowest BCUT2D eigenvalue weighted by Crippen LogP contribution is -2.20. The molecule has 0 radical (unpaired) electrons. The van der Waals surface area contributed by atoms with Crippen LogP contribution in [0.2, 0.25) is 0 Å². The Bertz CT molecular complexity index is 476.